The molecule has 1 heteroatoms. The summed E-state index contributed by atoms with van der Waals surface area (Å²) in [6.45, 7) is 0. The summed E-state index contributed by atoms with van der Waals surface area (Å²) < 4.78 is 0. The van der Waals surface area contributed by atoms with E-state index in [0.29, 0.717) is 0 Å². The number of rotatable bonds is 3. The van der Waals surface area contributed by atoms with Crippen LogP contribution in [0.4, 0.5) is 0 Å². The maximum atomic E-state index is 3.32. The normalized spacial score (nSPS) is 13.4. The van der Waals surface area contributed by atoms with Crippen molar-refractivity contribution in [2.24, 2.45) is 0 Å². The van der Waals surface area contributed by atoms with Gasteiger partial charge in [-0.2, -0.15) is 84.9 Å². The maximum Gasteiger partial charge on any atom is 4.00 e. The number of allylic oxidation sites excluding steroid dienone is 8. The SMILES string of the molecule is [C-]1=C(CCC2=[C-]CC=C2)C=CC1.[Zr+4].[c-]1ccccc1.[c-]1ccccc1. The molecule has 2 aliphatic rings. The van der Waals surface area contributed by atoms with Crippen LogP contribution in [0.3, 0.4) is 0 Å². The molecule has 0 amide bonds. The Morgan fingerprint density at radius 1 is 0.600 bits per heavy atom. The Labute approximate surface area is 171 Å². The van der Waals surface area contributed by atoms with Gasteiger partial charge in [-0.25, -0.2) is 23.3 Å². The third-order valence-corrected chi connectivity index (χ3v) is 3.41. The molecule has 2 aromatic carbocycles. The van der Waals surface area contributed by atoms with Crippen LogP contribution >= 0.6 is 0 Å². The van der Waals surface area contributed by atoms with Crippen LogP contribution in [-0.2, 0) is 26.2 Å². The van der Waals surface area contributed by atoms with E-state index in [1.807, 2.05) is 60.7 Å². The molecule has 2 aromatic rings. The van der Waals surface area contributed by atoms with Crippen molar-refractivity contribution < 1.29 is 26.2 Å². The molecule has 0 aliphatic heterocycles. The molecule has 0 saturated carbocycles. The van der Waals surface area contributed by atoms with E-state index in [4.69, 9.17) is 0 Å². The molecule has 25 heavy (non-hydrogen) atoms. The molecule has 0 unspecified atom stereocenters. The molecule has 122 valence electrons. The zero-order valence-corrected chi connectivity index (χ0v) is 16.9. The first-order chi connectivity index (χ1) is 11.9. The molecule has 0 radical (unpaired) electrons. The van der Waals surface area contributed by atoms with Crippen LogP contribution in [0, 0.1) is 24.3 Å². The third-order valence-electron chi connectivity index (χ3n) is 3.41. The molecule has 0 atom stereocenters. The average Bonchev–Trinajstić information content (AvgIpc) is 3.38. The summed E-state index contributed by atoms with van der Waals surface area (Å²) in [4.78, 5) is 0. The van der Waals surface area contributed by atoms with Gasteiger partial charge in [-0.3, -0.25) is 12.2 Å². The van der Waals surface area contributed by atoms with Crippen molar-refractivity contribution in [3.05, 3.63) is 120 Å². The van der Waals surface area contributed by atoms with Crippen LogP contribution in [0.2, 0.25) is 0 Å². The Hall–Kier alpha value is -1.72. The van der Waals surface area contributed by atoms with Crippen molar-refractivity contribution in [3.63, 3.8) is 0 Å². The smallest absolute Gasteiger partial charge is 0.269 e. The minimum atomic E-state index is 0. The fourth-order valence-corrected chi connectivity index (χ4v) is 2.20. The van der Waals surface area contributed by atoms with Gasteiger partial charge in [-0.15, -0.1) is 12.8 Å². The van der Waals surface area contributed by atoms with Crippen LogP contribution in [0.1, 0.15) is 25.7 Å². The second-order valence-corrected chi connectivity index (χ2v) is 5.27. The molecule has 0 fully saturated rings. The predicted molar refractivity (Wildman–Crippen MR) is 101 cm³/mol. The van der Waals surface area contributed by atoms with Gasteiger partial charge in [0.15, 0.2) is 0 Å². The molecule has 0 nitrogen and oxygen atoms in total. The second-order valence-electron chi connectivity index (χ2n) is 5.27. The van der Waals surface area contributed by atoms with Crippen LogP contribution < -0.4 is 0 Å². The topological polar surface area (TPSA) is 0 Å². The minimum Gasteiger partial charge on any atom is -0.269 e. The van der Waals surface area contributed by atoms with Gasteiger partial charge in [-0.05, 0) is 0 Å². The van der Waals surface area contributed by atoms with Crippen molar-refractivity contribution in [3.8, 4) is 0 Å². The van der Waals surface area contributed by atoms with Crippen LogP contribution in [0.25, 0.3) is 0 Å². The fourth-order valence-electron chi connectivity index (χ4n) is 2.20. The number of hydrogen-bond donors (Lipinski definition) is 0. The van der Waals surface area contributed by atoms with Crippen molar-refractivity contribution in [2.75, 3.05) is 0 Å². The monoisotopic (exact) mass is 400 g/mol. The molecule has 0 heterocycles. The predicted octanol–water partition coefficient (Wildman–Crippen LogP) is 6.12. The molecular weight excluding hydrogens is 379 g/mol. The molecule has 0 spiro atoms. The average molecular weight is 402 g/mol. The van der Waals surface area contributed by atoms with E-state index < -0.39 is 0 Å². The zero-order chi connectivity index (χ0) is 16.7. The minimum absolute atomic E-state index is 0. The number of benzene rings is 2. The van der Waals surface area contributed by atoms with Crippen molar-refractivity contribution in [2.45, 2.75) is 25.7 Å². The maximum absolute atomic E-state index is 3.32. The summed E-state index contributed by atoms with van der Waals surface area (Å²) in [5, 5.41) is 0. The Balaban J connectivity index is 0.000000204. The van der Waals surface area contributed by atoms with Gasteiger partial charge in [-0.1, -0.05) is 12.8 Å². The fraction of sp³-hybridized carbons (Fsp3) is 0.167. The first-order valence-electron chi connectivity index (χ1n) is 8.30. The molecular formula is C24H22Zr. The summed E-state index contributed by atoms with van der Waals surface area (Å²) in [6.07, 6.45) is 19.6. The van der Waals surface area contributed by atoms with E-state index in [1.165, 1.54) is 11.1 Å². The van der Waals surface area contributed by atoms with Gasteiger partial charge >= 0.3 is 26.2 Å². The van der Waals surface area contributed by atoms with Crippen molar-refractivity contribution in [1.82, 2.24) is 0 Å². The van der Waals surface area contributed by atoms with Gasteiger partial charge in [0.05, 0.1) is 0 Å². The zero-order valence-electron chi connectivity index (χ0n) is 14.4. The van der Waals surface area contributed by atoms with Gasteiger partial charge in [0, 0.05) is 0 Å². The van der Waals surface area contributed by atoms with Crippen molar-refractivity contribution in [1.29, 1.82) is 0 Å². The third kappa shape index (κ3) is 10.7. The van der Waals surface area contributed by atoms with Gasteiger partial charge in [0.2, 0.25) is 0 Å². The van der Waals surface area contributed by atoms with Crippen molar-refractivity contribution >= 4 is 0 Å². The van der Waals surface area contributed by atoms with Gasteiger partial charge in [0.25, 0.3) is 0 Å². The summed E-state index contributed by atoms with van der Waals surface area (Å²) in [6, 6.07) is 25.0. The van der Waals surface area contributed by atoms with E-state index in [2.05, 4.69) is 48.6 Å². The van der Waals surface area contributed by atoms with E-state index in [-0.39, 0.29) is 26.2 Å². The van der Waals surface area contributed by atoms with Crippen LogP contribution in [-0.4, -0.2) is 0 Å². The molecule has 0 saturated heterocycles. The van der Waals surface area contributed by atoms with Gasteiger partial charge < -0.3 is 0 Å². The molecule has 2 aliphatic carbocycles. The standard InChI is InChI=1S/C12H12.2C6H5.Zr/c1-2-6-11(5-1)9-10-12-7-3-4-8-12;2*1-2-4-6-5-3-1;/h1,3,5,7H,2,4,9-10H2;2*1-5H;/q-2;2*-1;+4. The Morgan fingerprint density at radius 3 is 1.20 bits per heavy atom. The van der Waals surface area contributed by atoms with Crippen LogP contribution in [0.5, 0.6) is 0 Å². The molecule has 4 rings (SSSR count). The number of hydrogen-bond acceptors (Lipinski definition) is 0. The summed E-state index contributed by atoms with van der Waals surface area (Å²) in [5.41, 5.74) is 2.73. The van der Waals surface area contributed by atoms with E-state index in [1.54, 1.807) is 0 Å². The Kier molecular flexibility index (Phi) is 12.5. The summed E-state index contributed by atoms with van der Waals surface area (Å²) >= 11 is 0. The molecule has 0 aromatic heterocycles. The van der Waals surface area contributed by atoms with Gasteiger partial charge in [0.1, 0.15) is 0 Å². The molecule has 0 N–H and O–H groups in total. The Bertz CT molecular complexity index is 549. The summed E-state index contributed by atoms with van der Waals surface area (Å²) in [5.74, 6) is 0. The quantitative estimate of drug-likeness (QED) is 0.544. The van der Waals surface area contributed by atoms with E-state index >= 15 is 0 Å². The largest absolute Gasteiger partial charge is 4.00 e. The summed E-state index contributed by atoms with van der Waals surface area (Å²) in [7, 11) is 0. The first kappa shape index (κ1) is 21.3. The first-order valence-corrected chi connectivity index (χ1v) is 8.30. The molecule has 0 bridgehead atoms. The van der Waals surface area contributed by atoms with E-state index in [0.717, 1.165) is 25.7 Å². The Morgan fingerprint density at radius 2 is 1.00 bits per heavy atom. The van der Waals surface area contributed by atoms with Crippen LogP contribution in [0.15, 0.2) is 96.1 Å². The second kappa shape index (κ2) is 14.6. The van der Waals surface area contributed by atoms with E-state index in [9.17, 15) is 0 Å².